The summed E-state index contributed by atoms with van der Waals surface area (Å²) in [4.78, 5) is 27.7. The first kappa shape index (κ1) is 23.2. The lowest BCUT2D eigenvalue weighted by molar-refractivity contribution is -0.140. The maximum atomic E-state index is 13.2. The van der Waals surface area contributed by atoms with Gasteiger partial charge in [0, 0.05) is 5.56 Å². The van der Waals surface area contributed by atoms with Gasteiger partial charge >= 0.3 is 0 Å². The van der Waals surface area contributed by atoms with Crippen LogP contribution in [0.4, 0.5) is 0 Å². The summed E-state index contributed by atoms with van der Waals surface area (Å²) in [6.45, 7) is 5.04. The number of ether oxygens (including phenoxy) is 2. The molecule has 1 unspecified atom stereocenters. The maximum absolute atomic E-state index is 13.2. The van der Waals surface area contributed by atoms with Crippen LogP contribution in [0.15, 0.2) is 76.9 Å². The summed E-state index contributed by atoms with van der Waals surface area (Å²) < 4.78 is 16.7. The van der Waals surface area contributed by atoms with Gasteiger partial charge in [0.25, 0.3) is 11.7 Å². The number of nitrogens with zero attached hydrogens (tertiary/aromatic N) is 1. The standard InChI is InChI=1S/C27H27NO6/c1-3-14-33-20-12-10-18(11-13-20)25(29)23-24(19-7-5-8-21(16-19)32-4-2)28(27(31)26(23)30)17-22-9-6-15-34-22/h5-13,15-16,24,29H,3-4,14,17H2,1-2H3. The first-order valence-corrected chi connectivity index (χ1v) is 11.3. The number of carbonyl (C=O) groups is 2. The van der Waals surface area contributed by atoms with Gasteiger partial charge in [0.2, 0.25) is 0 Å². The van der Waals surface area contributed by atoms with Crippen molar-refractivity contribution in [2.75, 3.05) is 13.2 Å². The highest BCUT2D eigenvalue weighted by Gasteiger charge is 2.46. The third-order valence-corrected chi connectivity index (χ3v) is 5.53. The molecule has 1 aliphatic rings. The van der Waals surface area contributed by atoms with Crippen molar-refractivity contribution in [1.29, 1.82) is 0 Å². The minimum Gasteiger partial charge on any atom is -0.507 e. The Bertz CT molecular complexity index is 1180. The van der Waals surface area contributed by atoms with Gasteiger partial charge in [-0.2, -0.15) is 0 Å². The Kier molecular flexibility index (Phi) is 7.01. The molecule has 1 aliphatic heterocycles. The van der Waals surface area contributed by atoms with Gasteiger partial charge in [0.1, 0.15) is 23.0 Å². The van der Waals surface area contributed by atoms with Crippen molar-refractivity contribution in [3.05, 3.63) is 89.4 Å². The Morgan fingerprint density at radius 2 is 1.79 bits per heavy atom. The Morgan fingerprint density at radius 1 is 1.00 bits per heavy atom. The van der Waals surface area contributed by atoms with Crippen LogP contribution >= 0.6 is 0 Å². The van der Waals surface area contributed by atoms with Crippen molar-refractivity contribution < 1.29 is 28.6 Å². The monoisotopic (exact) mass is 461 g/mol. The van der Waals surface area contributed by atoms with Crippen LogP contribution in [0.1, 0.15) is 43.2 Å². The van der Waals surface area contributed by atoms with Crippen LogP contribution in [0.2, 0.25) is 0 Å². The molecule has 2 heterocycles. The second kappa shape index (κ2) is 10.3. The van der Waals surface area contributed by atoms with Crippen molar-refractivity contribution in [3.63, 3.8) is 0 Å². The Hall–Kier alpha value is -4.00. The summed E-state index contributed by atoms with van der Waals surface area (Å²) in [5, 5.41) is 11.2. The van der Waals surface area contributed by atoms with Crippen LogP contribution in [0.3, 0.4) is 0 Å². The fourth-order valence-electron chi connectivity index (χ4n) is 3.99. The molecule has 1 aromatic heterocycles. The van der Waals surface area contributed by atoms with E-state index in [-0.39, 0.29) is 17.9 Å². The van der Waals surface area contributed by atoms with Gasteiger partial charge in [-0.15, -0.1) is 0 Å². The van der Waals surface area contributed by atoms with E-state index < -0.39 is 17.7 Å². The third kappa shape index (κ3) is 4.69. The summed E-state index contributed by atoms with van der Waals surface area (Å²) in [6, 6.07) is 16.7. The van der Waals surface area contributed by atoms with E-state index in [9.17, 15) is 14.7 Å². The number of carbonyl (C=O) groups excluding carboxylic acids is 2. The van der Waals surface area contributed by atoms with Crippen molar-refractivity contribution >= 4 is 17.4 Å². The number of rotatable bonds is 9. The van der Waals surface area contributed by atoms with Crippen molar-refractivity contribution in [2.24, 2.45) is 0 Å². The van der Waals surface area contributed by atoms with Gasteiger partial charge in [0.15, 0.2) is 0 Å². The normalized spacial score (nSPS) is 17.2. The predicted molar refractivity (Wildman–Crippen MR) is 126 cm³/mol. The maximum Gasteiger partial charge on any atom is 0.296 e. The lowest BCUT2D eigenvalue weighted by Gasteiger charge is -2.25. The average Bonchev–Trinajstić information content (AvgIpc) is 3.45. The summed E-state index contributed by atoms with van der Waals surface area (Å²) >= 11 is 0. The molecule has 1 saturated heterocycles. The van der Waals surface area contributed by atoms with E-state index in [0.717, 1.165) is 6.42 Å². The number of amides is 1. The molecule has 1 N–H and O–H groups in total. The van der Waals surface area contributed by atoms with Crippen molar-refractivity contribution in [1.82, 2.24) is 4.90 Å². The number of likely N-dealkylation sites (tertiary alicyclic amines) is 1. The number of hydrogen-bond acceptors (Lipinski definition) is 6. The van der Waals surface area contributed by atoms with Crippen LogP contribution in [-0.4, -0.2) is 34.9 Å². The Morgan fingerprint density at radius 3 is 2.47 bits per heavy atom. The van der Waals surface area contributed by atoms with Crippen LogP contribution in [-0.2, 0) is 16.1 Å². The minimum absolute atomic E-state index is 0.0208. The molecule has 0 aliphatic carbocycles. The van der Waals surface area contributed by atoms with Gasteiger partial charge in [-0.3, -0.25) is 9.59 Å². The predicted octanol–water partition coefficient (Wildman–Crippen LogP) is 5.09. The zero-order chi connectivity index (χ0) is 24.1. The van der Waals surface area contributed by atoms with Gasteiger partial charge in [-0.05, 0) is 67.4 Å². The molecule has 3 aromatic rings. The highest BCUT2D eigenvalue weighted by Crippen LogP contribution is 2.41. The topological polar surface area (TPSA) is 89.2 Å². The fourth-order valence-corrected chi connectivity index (χ4v) is 3.99. The smallest absolute Gasteiger partial charge is 0.296 e. The average molecular weight is 462 g/mol. The number of aliphatic hydroxyl groups is 1. The van der Waals surface area contributed by atoms with E-state index >= 15 is 0 Å². The number of Topliss-reactive ketones (excluding diaryl/α,β-unsaturated/α-hetero) is 1. The second-order valence-electron chi connectivity index (χ2n) is 7.88. The molecule has 0 spiro atoms. The molecule has 7 heteroatoms. The Balaban J connectivity index is 1.79. The molecule has 4 rings (SSSR count). The van der Waals surface area contributed by atoms with Gasteiger partial charge < -0.3 is 23.9 Å². The number of ketones is 1. The van der Waals surface area contributed by atoms with Gasteiger partial charge in [-0.25, -0.2) is 0 Å². The zero-order valence-electron chi connectivity index (χ0n) is 19.2. The van der Waals surface area contributed by atoms with Crippen LogP contribution in [0.5, 0.6) is 11.5 Å². The molecule has 2 aromatic carbocycles. The van der Waals surface area contributed by atoms with E-state index in [1.165, 1.54) is 11.2 Å². The number of furan rings is 1. The molecule has 7 nitrogen and oxygen atoms in total. The molecule has 1 atom stereocenters. The summed E-state index contributed by atoms with van der Waals surface area (Å²) in [5.41, 5.74) is 1.10. The highest BCUT2D eigenvalue weighted by molar-refractivity contribution is 6.46. The molecular formula is C27H27NO6. The largest absolute Gasteiger partial charge is 0.507 e. The highest BCUT2D eigenvalue weighted by atomic mass is 16.5. The van der Waals surface area contributed by atoms with Crippen LogP contribution in [0, 0.1) is 0 Å². The number of hydrogen-bond donors (Lipinski definition) is 1. The van der Waals surface area contributed by atoms with E-state index in [0.29, 0.717) is 41.6 Å². The summed E-state index contributed by atoms with van der Waals surface area (Å²) in [5.74, 6) is 0.118. The quantitative estimate of drug-likeness (QED) is 0.271. The SMILES string of the molecule is CCCOc1ccc(C(O)=C2C(=O)C(=O)N(Cc3ccco3)C2c2cccc(OCC)c2)cc1. The van der Waals surface area contributed by atoms with Gasteiger partial charge in [0.05, 0.1) is 37.6 Å². The lowest BCUT2D eigenvalue weighted by Crippen LogP contribution is -2.29. The number of benzene rings is 2. The van der Waals surface area contributed by atoms with Crippen molar-refractivity contribution in [2.45, 2.75) is 32.9 Å². The first-order chi connectivity index (χ1) is 16.5. The van der Waals surface area contributed by atoms with Crippen molar-refractivity contribution in [3.8, 4) is 11.5 Å². The summed E-state index contributed by atoms with van der Waals surface area (Å²) in [7, 11) is 0. The Labute approximate surface area is 198 Å². The van der Waals surface area contributed by atoms with E-state index in [1.54, 1.807) is 54.6 Å². The van der Waals surface area contributed by atoms with E-state index in [4.69, 9.17) is 13.9 Å². The molecule has 1 fully saturated rings. The second-order valence-corrected chi connectivity index (χ2v) is 7.88. The van der Waals surface area contributed by atoms with Gasteiger partial charge in [-0.1, -0.05) is 19.1 Å². The molecular weight excluding hydrogens is 434 g/mol. The fraction of sp³-hybridized carbons (Fsp3) is 0.259. The van der Waals surface area contributed by atoms with E-state index in [1.807, 2.05) is 19.9 Å². The lowest BCUT2D eigenvalue weighted by atomic mass is 9.95. The third-order valence-electron chi connectivity index (χ3n) is 5.53. The molecule has 1 amide bonds. The summed E-state index contributed by atoms with van der Waals surface area (Å²) in [6.07, 6.45) is 2.39. The zero-order valence-corrected chi connectivity index (χ0v) is 19.2. The minimum atomic E-state index is -0.804. The molecule has 34 heavy (non-hydrogen) atoms. The van der Waals surface area contributed by atoms with Crippen LogP contribution < -0.4 is 9.47 Å². The first-order valence-electron chi connectivity index (χ1n) is 11.3. The molecule has 0 saturated carbocycles. The molecule has 0 radical (unpaired) electrons. The van der Waals surface area contributed by atoms with E-state index in [2.05, 4.69) is 0 Å². The number of aliphatic hydroxyl groups excluding tert-OH is 1. The molecule has 0 bridgehead atoms. The molecule has 176 valence electrons. The van der Waals surface area contributed by atoms with Crippen LogP contribution in [0.25, 0.3) is 5.76 Å².